The standard InChI is InChI=1S/2C24H24Cl2F2N4O4S.C23H22Cl2F2N4O4S/c2*1-2-36-23(35)19-17(11-32-12-24(27,28)10-14(32)4-6-18(33)34)30-21(22-29-7-8-37-22)31-20(19)15-5-3-13(25)9-16(15)26;1-35-22(34)18-16(10-31-11-23(26,27)9-13(31)3-5-17(32)33)29-20(21-28-6-7-36-21)30-19(18)14-4-2-12(24)8-15(14)25/h2*3,5,7-9,14,20H,2,4,6,10-12H2,1H3,(H,30,31)(H,33,34);2,4,6-8,13,19H,3,5,9-11H2,1H3,(H,29,30)(H,32,33)/t14-,20+;14-,20-;13-,19+/m101/s1. The van der Waals surface area contributed by atoms with Gasteiger partial charge in [0.05, 0.1) is 56.7 Å². The number of carbonyl (C=O) groups excluding carboxylic acids is 3. The zero-order valence-corrected chi connectivity index (χ0v) is 65.4. The van der Waals surface area contributed by atoms with Crippen LogP contribution >= 0.6 is 104 Å². The maximum Gasteiger partial charge on any atom is 0.338 e. The zero-order valence-electron chi connectivity index (χ0n) is 58.4. The second-order valence-corrected chi connectivity index (χ2v) is 31.0. The van der Waals surface area contributed by atoms with Crippen LogP contribution in [0.25, 0.3) is 0 Å². The van der Waals surface area contributed by atoms with Gasteiger partial charge in [0, 0.05) is 175 Å². The number of esters is 3. The fourth-order valence-electron chi connectivity index (χ4n) is 13.4. The fraction of sp³-hybridized carbons (Fsp3) is 0.408. The average molecular weight is 1710 g/mol. The lowest BCUT2D eigenvalue weighted by atomic mass is 9.95. The van der Waals surface area contributed by atoms with Crippen molar-refractivity contribution in [1.29, 1.82) is 0 Å². The number of halogens is 12. The summed E-state index contributed by atoms with van der Waals surface area (Å²) in [7, 11) is 1.22. The number of nitrogens with zero attached hydrogens (tertiary/aromatic N) is 9. The SMILES string of the molecule is CCOC(=O)C1=C(CN2CC(F)(F)C[C@@H]2CCC(=O)O)NC(c2nccs2)=N[C@H]1c1ccc(Cl)cc1Cl.CCOC(=O)C1=C(CN2CC(F)(F)C[C@H]2CCC(=O)O)NC(c2nccs2)=N[C@H]1c1ccc(Cl)cc1Cl.COC(=O)C1=C(CN2CC(F)(F)C[C@H]2CCC(=O)O)NC(c2nccs2)=N[C@H]1c1ccc(Cl)cc1Cl. The van der Waals surface area contributed by atoms with E-state index in [4.69, 9.17) is 114 Å². The topological polar surface area (TPSA) is 312 Å². The van der Waals surface area contributed by atoms with Crippen LogP contribution in [0.5, 0.6) is 0 Å². The summed E-state index contributed by atoms with van der Waals surface area (Å²) in [6.07, 6.45) is 2.78. The first-order chi connectivity index (χ1) is 52.2. The molecule has 39 heteroatoms. The lowest BCUT2D eigenvalue weighted by Gasteiger charge is -2.31. The van der Waals surface area contributed by atoms with Crippen molar-refractivity contribution >= 4 is 157 Å². The van der Waals surface area contributed by atoms with Gasteiger partial charge in [-0.15, -0.1) is 34.0 Å². The predicted molar refractivity (Wildman–Crippen MR) is 405 cm³/mol. The molecule has 3 fully saturated rings. The molecule has 588 valence electrons. The molecule has 110 heavy (non-hydrogen) atoms. The summed E-state index contributed by atoms with van der Waals surface area (Å²) in [6.45, 7) is 1.51. The van der Waals surface area contributed by atoms with E-state index in [1.165, 1.54) is 74.0 Å². The molecule has 0 spiro atoms. The van der Waals surface area contributed by atoms with Crippen LogP contribution in [0.15, 0.2) is 138 Å². The highest BCUT2D eigenvalue weighted by Crippen LogP contribution is 2.45. The van der Waals surface area contributed by atoms with Gasteiger partial charge < -0.3 is 45.5 Å². The van der Waals surface area contributed by atoms with Crippen molar-refractivity contribution in [3.8, 4) is 0 Å². The van der Waals surface area contributed by atoms with Gasteiger partial charge in [0.1, 0.15) is 18.1 Å². The number of carboxylic acid groups (broad SMARTS) is 3. The van der Waals surface area contributed by atoms with E-state index in [-0.39, 0.29) is 103 Å². The summed E-state index contributed by atoms with van der Waals surface area (Å²) in [5.74, 6) is -13.2. The average Bonchev–Trinajstić information content (AvgIpc) is 1.08. The Labute approximate surface area is 667 Å². The van der Waals surface area contributed by atoms with Crippen LogP contribution in [0.4, 0.5) is 26.3 Å². The largest absolute Gasteiger partial charge is 0.481 e. The molecule has 6 aliphatic heterocycles. The number of aromatic nitrogens is 3. The maximum atomic E-state index is 14.5. The number of rotatable bonds is 26. The van der Waals surface area contributed by atoms with E-state index in [0.717, 1.165) is 0 Å². The Morgan fingerprint density at radius 1 is 0.473 bits per heavy atom. The van der Waals surface area contributed by atoms with E-state index >= 15 is 0 Å². The van der Waals surface area contributed by atoms with Crippen LogP contribution in [0.1, 0.15) is 121 Å². The van der Waals surface area contributed by atoms with Gasteiger partial charge >= 0.3 is 35.8 Å². The fourth-order valence-corrected chi connectivity index (χ4v) is 16.7. The molecule has 6 N–H and O–H groups in total. The maximum absolute atomic E-state index is 14.5. The molecule has 3 aromatic heterocycles. The number of hydrogen-bond acceptors (Lipinski definition) is 24. The molecular weight excluding hydrogens is 1640 g/mol. The van der Waals surface area contributed by atoms with Crippen LogP contribution in [0, 0.1) is 0 Å². The molecule has 0 amide bonds. The van der Waals surface area contributed by atoms with Crippen molar-refractivity contribution in [1.82, 2.24) is 45.6 Å². The van der Waals surface area contributed by atoms with E-state index in [1.807, 2.05) is 0 Å². The van der Waals surface area contributed by atoms with Crippen LogP contribution in [0.2, 0.25) is 30.1 Å². The minimum atomic E-state index is -2.99. The van der Waals surface area contributed by atoms with Gasteiger partial charge in [-0.05, 0) is 69.5 Å². The molecule has 0 saturated carbocycles. The Hall–Kier alpha value is -7.80. The number of ether oxygens (including phenoxy) is 3. The van der Waals surface area contributed by atoms with Crippen molar-refractivity contribution in [3.63, 3.8) is 0 Å². The van der Waals surface area contributed by atoms with Crippen molar-refractivity contribution < 1.29 is 84.6 Å². The van der Waals surface area contributed by atoms with E-state index in [0.29, 0.717) is 81.4 Å². The number of thiazole rings is 3. The summed E-state index contributed by atoms with van der Waals surface area (Å²) in [6, 6.07) is 9.56. The van der Waals surface area contributed by atoms with Gasteiger partial charge in [-0.25, -0.2) is 55.7 Å². The Kier molecular flexibility index (Phi) is 28.6. The molecule has 0 unspecified atom stereocenters. The third-order valence-corrected chi connectivity index (χ3v) is 22.1. The van der Waals surface area contributed by atoms with Gasteiger partial charge in [-0.3, -0.25) is 44.1 Å². The molecule has 6 atom stereocenters. The molecule has 12 rings (SSSR count). The summed E-state index contributed by atoms with van der Waals surface area (Å²) in [5.41, 5.74) is 2.72. The highest BCUT2D eigenvalue weighted by atomic mass is 35.5. The summed E-state index contributed by atoms with van der Waals surface area (Å²) >= 11 is 41.7. The molecule has 0 bridgehead atoms. The number of carboxylic acids is 3. The van der Waals surface area contributed by atoms with E-state index in [2.05, 4.69) is 30.9 Å². The van der Waals surface area contributed by atoms with Crippen molar-refractivity contribution in [3.05, 3.63) is 185 Å². The zero-order chi connectivity index (χ0) is 79.5. The number of likely N-dealkylation sites (tertiary alicyclic amines) is 3. The van der Waals surface area contributed by atoms with Gasteiger partial charge in [0.2, 0.25) is 0 Å². The monoisotopic (exact) mass is 1700 g/mol. The summed E-state index contributed by atoms with van der Waals surface area (Å²) in [5, 5.41) is 45.5. The van der Waals surface area contributed by atoms with E-state index in [1.54, 1.807) is 85.0 Å². The molecule has 24 nitrogen and oxygen atoms in total. The van der Waals surface area contributed by atoms with Gasteiger partial charge in [0.25, 0.3) is 17.8 Å². The molecule has 6 aliphatic rings. The Bertz CT molecular complexity index is 4410. The lowest BCUT2D eigenvalue weighted by Crippen LogP contribution is -2.41. The Morgan fingerprint density at radius 3 is 0.991 bits per heavy atom. The molecule has 3 saturated heterocycles. The van der Waals surface area contributed by atoms with Gasteiger partial charge in [0.15, 0.2) is 32.5 Å². The van der Waals surface area contributed by atoms with Gasteiger partial charge in [-0.1, -0.05) is 87.8 Å². The molecule has 3 aromatic carbocycles. The number of aliphatic imine (C=N–C) groups is 3. The Balaban J connectivity index is 0.000000176. The number of carbonyl (C=O) groups is 6. The highest BCUT2D eigenvalue weighted by molar-refractivity contribution is 7.12. The quantitative estimate of drug-likeness (QED) is 0.0167. The highest BCUT2D eigenvalue weighted by Gasteiger charge is 2.50. The molecule has 0 radical (unpaired) electrons. The molecule has 9 heterocycles. The minimum Gasteiger partial charge on any atom is -0.481 e. The smallest absolute Gasteiger partial charge is 0.338 e. The van der Waals surface area contributed by atoms with E-state index < -0.39 is 129 Å². The second kappa shape index (κ2) is 37.2. The van der Waals surface area contributed by atoms with E-state index in [9.17, 15) is 55.1 Å². The number of aliphatic carboxylic acids is 3. The lowest BCUT2D eigenvalue weighted by molar-refractivity contribution is -0.139. The number of amidine groups is 3. The van der Waals surface area contributed by atoms with Crippen LogP contribution in [-0.4, -0.2) is 194 Å². The Morgan fingerprint density at radius 2 is 0.755 bits per heavy atom. The molecular formula is C71H70Cl6F6N12O12S3. The molecule has 6 aromatic rings. The molecule has 0 aliphatic carbocycles. The summed E-state index contributed by atoms with van der Waals surface area (Å²) in [4.78, 5) is 104. The predicted octanol–water partition coefficient (Wildman–Crippen LogP) is 14.4. The second-order valence-electron chi connectivity index (χ2n) is 25.8. The van der Waals surface area contributed by atoms with Crippen molar-refractivity contribution in [2.45, 2.75) is 126 Å². The first kappa shape index (κ1) is 84.6. The summed E-state index contributed by atoms with van der Waals surface area (Å²) < 4.78 is 102. The van der Waals surface area contributed by atoms with Crippen molar-refractivity contribution in [2.24, 2.45) is 15.0 Å². The number of hydrogen-bond donors (Lipinski definition) is 6. The number of nitrogens with one attached hydrogen (secondary N) is 3. The third kappa shape index (κ3) is 21.7. The third-order valence-electron chi connectivity index (χ3n) is 18.1. The van der Waals surface area contributed by atoms with Gasteiger partial charge in [-0.2, -0.15) is 0 Å². The number of methoxy groups -OCH3 is 1. The number of benzene rings is 3. The van der Waals surface area contributed by atoms with Crippen LogP contribution in [0.3, 0.4) is 0 Å². The first-order valence-electron chi connectivity index (χ1n) is 33.9. The minimum absolute atomic E-state index is 0.0473. The first-order valence-corrected chi connectivity index (χ1v) is 38.9. The normalized spacial score (nSPS) is 21.6. The number of alkyl halides is 6. The van der Waals surface area contributed by atoms with Crippen LogP contribution in [-0.2, 0) is 43.0 Å². The van der Waals surface area contributed by atoms with Crippen molar-refractivity contribution in [2.75, 3.05) is 59.6 Å². The van der Waals surface area contributed by atoms with Crippen LogP contribution < -0.4 is 16.0 Å².